The van der Waals surface area contributed by atoms with E-state index in [2.05, 4.69) is 16.9 Å². The van der Waals surface area contributed by atoms with Crippen LogP contribution in [0.2, 0.25) is 0 Å². The topological polar surface area (TPSA) is 34.9 Å². The highest BCUT2D eigenvalue weighted by Gasteiger charge is 2.35. The van der Waals surface area contributed by atoms with Gasteiger partial charge in [-0.15, -0.1) is 5.92 Å². The summed E-state index contributed by atoms with van der Waals surface area (Å²) in [6.07, 6.45) is -4.73. The molecule has 0 aliphatic rings. The van der Waals surface area contributed by atoms with E-state index in [0.29, 0.717) is 5.56 Å². The Kier molecular flexibility index (Phi) is 4.13. The molecule has 0 radical (unpaired) electrons. The number of alkyl halides is 3. The van der Waals surface area contributed by atoms with Gasteiger partial charge in [-0.3, -0.25) is 4.79 Å². The maximum absolute atomic E-state index is 13.0. The first-order chi connectivity index (χ1) is 9.93. The summed E-state index contributed by atoms with van der Waals surface area (Å²) in [5.74, 6) is 5.08. The minimum atomic E-state index is -4.73. The first kappa shape index (κ1) is 14.9. The summed E-state index contributed by atoms with van der Waals surface area (Å²) in [6.45, 7) is 1.36. The van der Waals surface area contributed by atoms with Crippen LogP contribution in [0.5, 0.6) is 0 Å². The lowest BCUT2D eigenvalue weighted by molar-refractivity contribution is -0.139. The fourth-order valence-corrected chi connectivity index (χ4v) is 1.76. The number of aromatic nitrogens is 2. The zero-order chi connectivity index (χ0) is 15.5. The molecule has 0 fully saturated rings. The Balaban J connectivity index is 2.67. The summed E-state index contributed by atoms with van der Waals surface area (Å²) in [5, 5.41) is 3.96. The molecule has 1 aromatic heterocycles. The van der Waals surface area contributed by atoms with Gasteiger partial charge in [0.15, 0.2) is 0 Å². The molecule has 1 heterocycles. The Bertz CT molecular complexity index is 752. The van der Waals surface area contributed by atoms with Crippen molar-refractivity contribution in [2.75, 3.05) is 0 Å². The van der Waals surface area contributed by atoms with Gasteiger partial charge >= 0.3 is 6.18 Å². The molecule has 2 rings (SSSR count). The molecule has 0 aliphatic carbocycles. The molecule has 1 aromatic carbocycles. The van der Waals surface area contributed by atoms with Crippen molar-refractivity contribution in [3.05, 3.63) is 52.3 Å². The third-order valence-electron chi connectivity index (χ3n) is 2.75. The first-order valence-electron chi connectivity index (χ1n) is 6.08. The minimum Gasteiger partial charge on any atom is -0.267 e. The molecule has 0 N–H and O–H groups in total. The molecule has 0 bridgehead atoms. The van der Waals surface area contributed by atoms with E-state index in [1.54, 1.807) is 30.3 Å². The Hall–Kier alpha value is -2.55. The number of hydrogen-bond acceptors (Lipinski definition) is 2. The van der Waals surface area contributed by atoms with Crippen molar-refractivity contribution in [2.45, 2.75) is 19.6 Å². The Morgan fingerprint density at radius 1 is 1.24 bits per heavy atom. The van der Waals surface area contributed by atoms with Gasteiger partial charge in [-0.05, 0) is 13.0 Å². The quantitative estimate of drug-likeness (QED) is 0.798. The van der Waals surface area contributed by atoms with Gasteiger partial charge in [0.1, 0.15) is 12.1 Å². The second-order valence-corrected chi connectivity index (χ2v) is 4.20. The van der Waals surface area contributed by atoms with Gasteiger partial charge in [-0.2, -0.15) is 18.3 Å². The number of rotatable bonds is 2. The molecule has 0 saturated carbocycles. The van der Waals surface area contributed by atoms with Gasteiger partial charge in [-0.1, -0.05) is 36.3 Å². The standard InChI is InChI=1S/C15H11F3N2O/c1-2-3-9-20-14(21)12(15(16,17)18)10-13(19-20)11-7-5-4-6-8-11/h4-8,10H,9H2,1H3. The van der Waals surface area contributed by atoms with E-state index in [1.807, 2.05) is 0 Å². The number of benzene rings is 1. The zero-order valence-corrected chi connectivity index (χ0v) is 11.1. The van der Waals surface area contributed by atoms with E-state index in [9.17, 15) is 18.0 Å². The molecule has 0 unspecified atom stereocenters. The summed E-state index contributed by atoms with van der Waals surface area (Å²) in [4.78, 5) is 11.8. The van der Waals surface area contributed by atoms with Crippen LogP contribution in [0, 0.1) is 11.8 Å². The van der Waals surface area contributed by atoms with Crippen LogP contribution >= 0.6 is 0 Å². The van der Waals surface area contributed by atoms with E-state index >= 15 is 0 Å². The lowest BCUT2D eigenvalue weighted by atomic mass is 10.1. The average Bonchev–Trinajstić information content (AvgIpc) is 2.46. The fourth-order valence-electron chi connectivity index (χ4n) is 1.76. The molecule has 0 amide bonds. The summed E-state index contributed by atoms with van der Waals surface area (Å²) >= 11 is 0. The van der Waals surface area contributed by atoms with Crippen molar-refractivity contribution in [3.8, 4) is 23.1 Å². The van der Waals surface area contributed by atoms with E-state index in [-0.39, 0.29) is 12.2 Å². The molecular formula is C15H11F3N2O. The molecule has 2 aromatic rings. The van der Waals surface area contributed by atoms with Gasteiger partial charge in [0.2, 0.25) is 0 Å². The molecule has 0 spiro atoms. The van der Waals surface area contributed by atoms with E-state index < -0.39 is 17.3 Å². The van der Waals surface area contributed by atoms with Crippen LogP contribution in [0.4, 0.5) is 13.2 Å². The van der Waals surface area contributed by atoms with Crippen LogP contribution in [-0.4, -0.2) is 9.78 Å². The van der Waals surface area contributed by atoms with Crippen molar-refractivity contribution in [1.82, 2.24) is 9.78 Å². The normalized spacial score (nSPS) is 10.9. The van der Waals surface area contributed by atoms with Crippen LogP contribution in [0.15, 0.2) is 41.2 Å². The maximum Gasteiger partial charge on any atom is 0.421 e. The van der Waals surface area contributed by atoms with E-state index in [1.165, 1.54) is 6.92 Å². The predicted octanol–water partition coefficient (Wildman–Crippen LogP) is 2.95. The average molecular weight is 292 g/mol. The molecule has 6 heteroatoms. The van der Waals surface area contributed by atoms with E-state index in [0.717, 1.165) is 10.7 Å². The summed E-state index contributed by atoms with van der Waals surface area (Å²) in [6, 6.07) is 9.14. The molecule has 21 heavy (non-hydrogen) atoms. The van der Waals surface area contributed by atoms with Crippen LogP contribution in [0.3, 0.4) is 0 Å². The largest absolute Gasteiger partial charge is 0.421 e. The Labute approximate surface area is 119 Å². The monoisotopic (exact) mass is 292 g/mol. The van der Waals surface area contributed by atoms with Gasteiger partial charge in [0, 0.05) is 5.56 Å². The molecular weight excluding hydrogens is 281 g/mol. The van der Waals surface area contributed by atoms with Crippen LogP contribution in [0.25, 0.3) is 11.3 Å². The summed E-state index contributed by atoms with van der Waals surface area (Å²) < 4.78 is 39.6. The van der Waals surface area contributed by atoms with Crippen LogP contribution in [-0.2, 0) is 12.7 Å². The number of nitrogens with zero attached hydrogens (tertiary/aromatic N) is 2. The fraction of sp³-hybridized carbons (Fsp3) is 0.200. The first-order valence-corrected chi connectivity index (χ1v) is 6.08. The molecule has 0 saturated heterocycles. The van der Waals surface area contributed by atoms with Gasteiger partial charge < -0.3 is 0 Å². The third kappa shape index (κ3) is 3.31. The molecule has 3 nitrogen and oxygen atoms in total. The summed E-state index contributed by atoms with van der Waals surface area (Å²) in [5.41, 5.74) is -1.85. The highest BCUT2D eigenvalue weighted by atomic mass is 19.4. The molecule has 108 valence electrons. The highest BCUT2D eigenvalue weighted by Crippen LogP contribution is 2.28. The summed E-state index contributed by atoms with van der Waals surface area (Å²) in [7, 11) is 0. The van der Waals surface area contributed by atoms with Crippen molar-refractivity contribution >= 4 is 0 Å². The lowest BCUT2D eigenvalue weighted by Gasteiger charge is -2.11. The molecule has 0 aliphatic heterocycles. The lowest BCUT2D eigenvalue weighted by Crippen LogP contribution is -2.30. The predicted molar refractivity (Wildman–Crippen MR) is 72.4 cm³/mol. The van der Waals surface area contributed by atoms with Crippen molar-refractivity contribution in [1.29, 1.82) is 0 Å². The second kappa shape index (κ2) is 5.83. The van der Waals surface area contributed by atoms with Crippen molar-refractivity contribution in [2.24, 2.45) is 0 Å². The highest BCUT2D eigenvalue weighted by molar-refractivity contribution is 5.59. The van der Waals surface area contributed by atoms with Gasteiger partial charge in [-0.25, -0.2) is 4.68 Å². The number of halogens is 3. The van der Waals surface area contributed by atoms with Crippen molar-refractivity contribution in [3.63, 3.8) is 0 Å². The number of hydrogen-bond donors (Lipinski definition) is 0. The molecule has 0 atom stereocenters. The minimum absolute atomic E-state index is 0.0837. The maximum atomic E-state index is 13.0. The SMILES string of the molecule is CC#CCn1nc(-c2ccccc2)cc(C(F)(F)F)c1=O. The van der Waals surface area contributed by atoms with Crippen molar-refractivity contribution < 1.29 is 13.2 Å². The van der Waals surface area contributed by atoms with Crippen LogP contribution in [0.1, 0.15) is 12.5 Å². The van der Waals surface area contributed by atoms with Gasteiger partial charge in [0.05, 0.1) is 5.69 Å². The smallest absolute Gasteiger partial charge is 0.267 e. The Morgan fingerprint density at radius 3 is 2.48 bits per heavy atom. The van der Waals surface area contributed by atoms with E-state index in [4.69, 9.17) is 0 Å². The second-order valence-electron chi connectivity index (χ2n) is 4.20. The zero-order valence-electron chi connectivity index (χ0n) is 11.1. The Morgan fingerprint density at radius 2 is 1.90 bits per heavy atom. The van der Waals surface area contributed by atoms with Crippen LogP contribution < -0.4 is 5.56 Å². The van der Waals surface area contributed by atoms with Gasteiger partial charge in [0.25, 0.3) is 5.56 Å². The third-order valence-corrected chi connectivity index (χ3v) is 2.75.